The first kappa shape index (κ1) is 17.4. The van der Waals surface area contributed by atoms with Crippen molar-refractivity contribution >= 4 is 17.7 Å². The van der Waals surface area contributed by atoms with Gasteiger partial charge < -0.3 is 14.6 Å². The summed E-state index contributed by atoms with van der Waals surface area (Å²) in [4.78, 5) is 35.6. The number of rotatable bonds is 5. The number of aromatic nitrogens is 2. The van der Waals surface area contributed by atoms with E-state index in [1.165, 1.54) is 30.0 Å². The lowest BCUT2D eigenvalue weighted by molar-refractivity contribution is -0.111. The number of carbonyl (C=O) groups excluding carboxylic acids is 1. The fourth-order valence-corrected chi connectivity index (χ4v) is 2.21. The molecule has 0 bridgehead atoms. The van der Waals surface area contributed by atoms with Crippen LogP contribution in [0.25, 0.3) is 6.08 Å². The molecular weight excluding hydrogens is 310 g/mol. The summed E-state index contributed by atoms with van der Waals surface area (Å²) in [5.41, 5.74) is 0.947. The van der Waals surface area contributed by atoms with E-state index >= 15 is 0 Å². The van der Waals surface area contributed by atoms with Crippen molar-refractivity contribution in [3.8, 4) is 0 Å². The van der Waals surface area contributed by atoms with E-state index in [1.807, 2.05) is 12.1 Å². The van der Waals surface area contributed by atoms with Crippen LogP contribution in [0.2, 0.25) is 0 Å². The SMILES string of the molecule is COCc1cccc(NC(=O)/C=C/c2cn(C)c(=O)n(C)c2=O)c1. The van der Waals surface area contributed by atoms with Gasteiger partial charge >= 0.3 is 5.69 Å². The molecular formula is C17H19N3O4. The van der Waals surface area contributed by atoms with Crippen LogP contribution in [-0.4, -0.2) is 22.2 Å². The van der Waals surface area contributed by atoms with Crippen molar-refractivity contribution in [2.75, 3.05) is 12.4 Å². The highest BCUT2D eigenvalue weighted by molar-refractivity contribution is 6.01. The first-order valence-corrected chi connectivity index (χ1v) is 7.26. The number of carbonyl (C=O) groups is 1. The molecule has 2 rings (SSSR count). The molecule has 7 nitrogen and oxygen atoms in total. The second-order valence-electron chi connectivity index (χ2n) is 5.30. The van der Waals surface area contributed by atoms with Crippen molar-refractivity contribution in [2.24, 2.45) is 14.1 Å². The summed E-state index contributed by atoms with van der Waals surface area (Å²) in [6.45, 7) is 0.452. The van der Waals surface area contributed by atoms with E-state index in [2.05, 4.69) is 5.32 Å². The molecule has 1 aromatic heterocycles. The first-order valence-electron chi connectivity index (χ1n) is 7.26. The highest BCUT2D eigenvalue weighted by Gasteiger charge is 2.05. The number of hydrogen-bond acceptors (Lipinski definition) is 4. The van der Waals surface area contributed by atoms with E-state index in [-0.39, 0.29) is 11.5 Å². The van der Waals surface area contributed by atoms with E-state index in [0.717, 1.165) is 10.1 Å². The summed E-state index contributed by atoms with van der Waals surface area (Å²) in [6.07, 6.45) is 4.04. The summed E-state index contributed by atoms with van der Waals surface area (Å²) in [5.74, 6) is -0.375. The van der Waals surface area contributed by atoms with Crippen molar-refractivity contribution in [2.45, 2.75) is 6.61 Å². The third-order valence-electron chi connectivity index (χ3n) is 3.39. The molecule has 1 aromatic carbocycles. The third kappa shape index (κ3) is 4.08. The summed E-state index contributed by atoms with van der Waals surface area (Å²) >= 11 is 0. The van der Waals surface area contributed by atoms with Crippen LogP contribution in [0.15, 0.2) is 46.1 Å². The lowest BCUT2D eigenvalue weighted by Gasteiger charge is -2.05. The van der Waals surface area contributed by atoms with Gasteiger partial charge in [0.25, 0.3) is 5.56 Å². The Bertz CT molecular complexity index is 893. The summed E-state index contributed by atoms with van der Waals surface area (Å²) in [6, 6.07) is 7.27. The van der Waals surface area contributed by atoms with E-state index in [9.17, 15) is 14.4 Å². The molecule has 24 heavy (non-hydrogen) atoms. The van der Waals surface area contributed by atoms with Gasteiger partial charge in [-0.05, 0) is 23.8 Å². The number of nitrogens with zero attached hydrogens (tertiary/aromatic N) is 2. The van der Waals surface area contributed by atoms with Gasteiger partial charge in [0, 0.05) is 39.2 Å². The smallest absolute Gasteiger partial charge is 0.330 e. The number of methoxy groups -OCH3 is 1. The zero-order valence-corrected chi connectivity index (χ0v) is 13.8. The Kier molecular flexibility index (Phi) is 5.49. The predicted molar refractivity (Wildman–Crippen MR) is 91.7 cm³/mol. The Morgan fingerprint density at radius 3 is 2.75 bits per heavy atom. The Morgan fingerprint density at radius 2 is 2.04 bits per heavy atom. The zero-order valence-electron chi connectivity index (χ0n) is 13.8. The number of benzene rings is 1. The van der Waals surface area contributed by atoms with Gasteiger partial charge in [-0.15, -0.1) is 0 Å². The molecule has 0 saturated heterocycles. The molecule has 0 atom stereocenters. The van der Waals surface area contributed by atoms with Crippen molar-refractivity contribution in [1.29, 1.82) is 0 Å². The Labute approximate surface area is 138 Å². The molecule has 1 N–H and O–H groups in total. The van der Waals surface area contributed by atoms with Crippen LogP contribution in [0.3, 0.4) is 0 Å². The highest BCUT2D eigenvalue weighted by Crippen LogP contribution is 2.11. The first-order chi connectivity index (χ1) is 11.4. The number of hydrogen-bond donors (Lipinski definition) is 1. The Hall–Kier alpha value is -2.93. The van der Waals surface area contributed by atoms with Gasteiger partial charge in [-0.2, -0.15) is 0 Å². The molecule has 0 saturated carbocycles. The average Bonchev–Trinajstić information content (AvgIpc) is 2.55. The van der Waals surface area contributed by atoms with Crippen LogP contribution in [0, 0.1) is 0 Å². The quantitative estimate of drug-likeness (QED) is 0.826. The minimum absolute atomic E-state index is 0.253. The second-order valence-corrected chi connectivity index (χ2v) is 5.30. The number of amides is 1. The summed E-state index contributed by atoms with van der Waals surface area (Å²) in [7, 11) is 4.53. The van der Waals surface area contributed by atoms with Crippen LogP contribution in [-0.2, 0) is 30.2 Å². The molecule has 7 heteroatoms. The maximum atomic E-state index is 12.0. The zero-order chi connectivity index (χ0) is 17.7. The van der Waals surface area contributed by atoms with Gasteiger partial charge in [0.05, 0.1) is 12.2 Å². The van der Waals surface area contributed by atoms with Gasteiger partial charge in [0.2, 0.25) is 5.91 Å². The van der Waals surface area contributed by atoms with Crippen molar-refractivity contribution in [3.05, 3.63) is 68.5 Å². The van der Waals surface area contributed by atoms with Gasteiger partial charge in [-0.3, -0.25) is 14.2 Å². The molecule has 0 unspecified atom stereocenters. The van der Waals surface area contributed by atoms with Gasteiger partial charge in [0.1, 0.15) is 0 Å². The molecule has 2 aromatic rings. The van der Waals surface area contributed by atoms with Crippen molar-refractivity contribution in [3.63, 3.8) is 0 Å². The standard InChI is InChI=1S/C17H19N3O4/c1-19-10-13(16(22)20(2)17(19)23)7-8-15(21)18-14-6-4-5-12(9-14)11-24-3/h4-10H,11H2,1-3H3,(H,18,21)/b8-7+. The van der Waals surface area contributed by atoms with E-state index in [4.69, 9.17) is 4.74 Å². The largest absolute Gasteiger partial charge is 0.380 e. The number of aryl methyl sites for hydroxylation is 1. The molecule has 0 radical (unpaired) electrons. The lowest BCUT2D eigenvalue weighted by atomic mass is 10.2. The second kappa shape index (κ2) is 7.56. The van der Waals surface area contributed by atoms with E-state index in [0.29, 0.717) is 12.3 Å². The molecule has 0 fully saturated rings. The van der Waals surface area contributed by atoms with Crippen molar-refractivity contribution < 1.29 is 9.53 Å². The van der Waals surface area contributed by atoms with Gasteiger partial charge in [-0.1, -0.05) is 12.1 Å². The maximum Gasteiger partial charge on any atom is 0.330 e. The summed E-state index contributed by atoms with van der Waals surface area (Å²) < 4.78 is 7.32. The minimum atomic E-state index is -0.454. The highest BCUT2D eigenvalue weighted by atomic mass is 16.5. The molecule has 0 aliphatic heterocycles. The number of ether oxygens (including phenoxy) is 1. The average molecular weight is 329 g/mol. The van der Waals surface area contributed by atoms with Gasteiger partial charge in [0.15, 0.2) is 0 Å². The van der Waals surface area contributed by atoms with Gasteiger partial charge in [-0.25, -0.2) is 4.79 Å². The fraction of sp³-hybridized carbons (Fsp3) is 0.235. The lowest BCUT2D eigenvalue weighted by Crippen LogP contribution is -2.37. The molecule has 0 spiro atoms. The maximum absolute atomic E-state index is 12.0. The molecule has 126 valence electrons. The topological polar surface area (TPSA) is 82.3 Å². The number of anilines is 1. The monoisotopic (exact) mass is 329 g/mol. The molecule has 1 amide bonds. The molecule has 1 heterocycles. The van der Waals surface area contributed by atoms with Crippen LogP contribution in [0.1, 0.15) is 11.1 Å². The normalized spacial score (nSPS) is 11.0. The molecule has 0 aliphatic carbocycles. The van der Waals surface area contributed by atoms with E-state index < -0.39 is 11.2 Å². The molecule has 0 aliphatic rings. The number of nitrogens with one attached hydrogen (secondary N) is 1. The summed E-state index contributed by atoms with van der Waals surface area (Å²) in [5, 5.41) is 2.71. The van der Waals surface area contributed by atoms with E-state index in [1.54, 1.807) is 26.3 Å². The fourth-order valence-electron chi connectivity index (χ4n) is 2.21. The van der Waals surface area contributed by atoms with Crippen LogP contribution >= 0.6 is 0 Å². The Balaban J connectivity index is 2.16. The predicted octanol–water partition coefficient (Wildman–Crippen LogP) is 0.882. The van der Waals surface area contributed by atoms with Crippen LogP contribution in [0.4, 0.5) is 5.69 Å². The van der Waals surface area contributed by atoms with Crippen LogP contribution < -0.4 is 16.6 Å². The third-order valence-corrected chi connectivity index (χ3v) is 3.39. The van der Waals surface area contributed by atoms with Crippen molar-refractivity contribution in [1.82, 2.24) is 9.13 Å². The minimum Gasteiger partial charge on any atom is -0.380 e. The van der Waals surface area contributed by atoms with Crippen LogP contribution in [0.5, 0.6) is 0 Å². The Morgan fingerprint density at radius 1 is 1.29 bits per heavy atom.